The molecule has 1 aliphatic carbocycles. The van der Waals surface area contributed by atoms with E-state index in [9.17, 15) is 9.90 Å². The average molecular weight is 325 g/mol. The molecule has 2 N–H and O–H groups in total. The summed E-state index contributed by atoms with van der Waals surface area (Å²) in [6, 6.07) is 0.952. The minimum Gasteiger partial charge on any atom is -0.396 e. The standard InChI is InChI=1S/C19H36N2O2/c1-19(2,3)18(23)21-12-9-16(10-13-21)20-17(11-14-22)15-7-5-4-6-8-15/h15-17,20,22H,4-14H2,1-3H3/t17-/m0/s1. The summed E-state index contributed by atoms with van der Waals surface area (Å²) in [4.78, 5) is 14.4. The van der Waals surface area contributed by atoms with Gasteiger partial charge >= 0.3 is 0 Å². The summed E-state index contributed by atoms with van der Waals surface area (Å²) >= 11 is 0. The van der Waals surface area contributed by atoms with Crippen LogP contribution >= 0.6 is 0 Å². The third kappa shape index (κ3) is 5.46. The van der Waals surface area contributed by atoms with Crippen LogP contribution in [0.25, 0.3) is 0 Å². The predicted molar refractivity (Wildman–Crippen MR) is 94.3 cm³/mol. The summed E-state index contributed by atoms with van der Waals surface area (Å²) in [7, 11) is 0. The molecule has 4 nitrogen and oxygen atoms in total. The van der Waals surface area contributed by atoms with E-state index >= 15 is 0 Å². The number of carbonyl (C=O) groups excluding carboxylic acids is 1. The van der Waals surface area contributed by atoms with Crippen molar-refractivity contribution in [3.8, 4) is 0 Å². The molecule has 2 fully saturated rings. The Labute approximate surface area is 142 Å². The van der Waals surface area contributed by atoms with Crippen LogP contribution in [0.15, 0.2) is 0 Å². The zero-order chi connectivity index (χ0) is 16.9. The van der Waals surface area contributed by atoms with Gasteiger partial charge in [0.05, 0.1) is 0 Å². The van der Waals surface area contributed by atoms with E-state index in [4.69, 9.17) is 0 Å². The lowest BCUT2D eigenvalue weighted by Gasteiger charge is -2.39. The summed E-state index contributed by atoms with van der Waals surface area (Å²) in [5.41, 5.74) is -0.276. The SMILES string of the molecule is CC(C)(C)C(=O)N1CCC(N[C@@H](CCO)C2CCCCC2)CC1. The van der Waals surface area contributed by atoms with Crippen molar-refractivity contribution in [2.24, 2.45) is 11.3 Å². The van der Waals surface area contributed by atoms with Crippen LogP contribution < -0.4 is 5.32 Å². The van der Waals surface area contributed by atoms with Crippen LogP contribution in [-0.2, 0) is 4.79 Å². The van der Waals surface area contributed by atoms with Gasteiger partial charge in [-0.25, -0.2) is 0 Å². The molecular weight excluding hydrogens is 288 g/mol. The van der Waals surface area contributed by atoms with Crippen LogP contribution in [-0.4, -0.2) is 47.7 Å². The second kappa shape index (κ2) is 8.48. The summed E-state index contributed by atoms with van der Waals surface area (Å²) in [6.45, 7) is 8.00. The third-order valence-corrected chi connectivity index (χ3v) is 5.53. The number of piperidine rings is 1. The molecule has 0 aromatic rings. The number of nitrogens with one attached hydrogen (secondary N) is 1. The molecule has 1 atom stereocenters. The van der Waals surface area contributed by atoms with Crippen LogP contribution in [0.2, 0.25) is 0 Å². The predicted octanol–water partition coefficient (Wildman–Crippen LogP) is 2.94. The molecule has 0 spiro atoms. The molecule has 4 heteroatoms. The minimum atomic E-state index is -0.276. The lowest BCUT2D eigenvalue weighted by molar-refractivity contribution is -0.140. The first-order valence-corrected chi connectivity index (χ1v) is 9.58. The van der Waals surface area contributed by atoms with Crippen molar-refractivity contribution in [2.75, 3.05) is 19.7 Å². The quantitative estimate of drug-likeness (QED) is 0.817. The summed E-state index contributed by atoms with van der Waals surface area (Å²) in [6.07, 6.45) is 9.60. The number of likely N-dealkylation sites (tertiary alicyclic amines) is 1. The van der Waals surface area contributed by atoms with Gasteiger partial charge in [-0.05, 0) is 38.0 Å². The topological polar surface area (TPSA) is 52.6 Å². The molecule has 1 aliphatic heterocycles. The number of hydrogen-bond acceptors (Lipinski definition) is 3. The first-order chi connectivity index (χ1) is 10.9. The highest BCUT2D eigenvalue weighted by Crippen LogP contribution is 2.29. The summed E-state index contributed by atoms with van der Waals surface area (Å²) < 4.78 is 0. The lowest BCUT2D eigenvalue weighted by atomic mass is 9.82. The van der Waals surface area contributed by atoms with Gasteiger partial charge in [-0.2, -0.15) is 0 Å². The van der Waals surface area contributed by atoms with Gasteiger partial charge in [0, 0.05) is 37.2 Å². The molecular formula is C19H36N2O2. The fourth-order valence-electron chi connectivity index (χ4n) is 4.16. The van der Waals surface area contributed by atoms with Gasteiger partial charge in [-0.15, -0.1) is 0 Å². The van der Waals surface area contributed by atoms with E-state index in [1.807, 2.05) is 25.7 Å². The van der Waals surface area contributed by atoms with Crippen LogP contribution in [0, 0.1) is 11.3 Å². The molecule has 0 aromatic heterocycles. The van der Waals surface area contributed by atoms with Crippen molar-refractivity contribution >= 4 is 5.91 Å². The van der Waals surface area contributed by atoms with Crippen LogP contribution in [0.3, 0.4) is 0 Å². The smallest absolute Gasteiger partial charge is 0.227 e. The Morgan fingerprint density at radius 3 is 2.26 bits per heavy atom. The normalized spacial score (nSPS) is 23.0. The van der Waals surface area contributed by atoms with E-state index in [1.165, 1.54) is 32.1 Å². The van der Waals surface area contributed by atoms with Crippen molar-refractivity contribution < 1.29 is 9.90 Å². The lowest BCUT2D eigenvalue weighted by Crippen LogP contribution is -2.51. The van der Waals surface area contributed by atoms with Crippen molar-refractivity contribution in [3.63, 3.8) is 0 Å². The van der Waals surface area contributed by atoms with E-state index in [2.05, 4.69) is 5.32 Å². The number of aliphatic hydroxyl groups excluding tert-OH is 1. The number of aliphatic hydroxyl groups is 1. The highest BCUT2D eigenvalue weighted by atomic mass is 16.3. The maximum Gasteiger partial charge on any atom is 0.227 e. The minimum absolute atomic E-state index is 0.273. The van der Waals surface area contributed by atoms with E-state index < -0.39 is 0 Å². The molecule has 2 rings (SSSR count). The number of hydrogen-bond donors (Lipinski definition) is 2. The highest BCUT2D eigenvalue weighted by Gasteiger charge is 2.32. The van der Waals surface area contributed by atoms with Gasteiger partial charge in [-0.3, -0.25) is 4.79 Å². The number of nitrogens with zero attached hydrogens (tertiary/aromatic N) is 1. The molecule has 0 unspecified atom stereocenters. The molecule has 0 bridgehead atoms. The molecule has 1 heterocycles. The van der Waals surface area contributed by atoms with Crippen molar-refractivity contribution in [3.05, 3.63) is 0 Å². The fourth-order valence-corrected chi connectivity index (χ4v) is 4.16. The average Bonchev–Trinajstić information content (AvgIpc) is 2.54. The van der Waals surface area contributed by atoms with E-state index in [0.717, 1.165) is 38.3 Å². The Morgan fingerprint density at radius 2 is 1.74 bits per heavy atom. The van der Waals surface area contributed by atoms with Gasteiger partial charge in [0.25, 0.3) is 0 Å². The maximum absolute atomic E-state index is 12.4. The van der Waals surface area contributed by atoms with Crippen molar-refractivity contribution in [1.82, 2.24) is 10.2 Å². The van der Waals surface area contributed by atoms with Crippen LogP contribution in [0.1, 0.15) is 72.1 Å². The molecule has 134 valence electrons. The number of carbonyl (C=O) groups is 1. The number of amides is 1. The van der Waals surface area contributed by atoms with E-state index in [-0.39, 0.29) is 17.9 Å². The van der Waals surface area contributed by atoms with Crippen molar-refractivity contribution in [1.29, 1.82) is 0 Å². The molecule has 1 saturated carbocycles. The molecule has 23 heavy (non-hydrogen) atoms. The Morgan fingerprint density at radius 1 is 1.13 bits per heavy atom. The molecule has 0 aromatic carbocycles. The first kappa shape index (κ1) is 18.7. The van der Waals surface area contributed by atoms with Crippen LogP contribution in [0.4, 0.5) is 0 Å². The van der Waals surface area contributed by atoms with E-state index in [1.54, 1.807) is 0 Å². The zero-order valence-corrected chi connectivity index (χ0v) is 15.3. The van der Waals surface area contributed by atoms with Gasteiger partial charge in [-0.1, -0.05) is 40.0 Å². The highest BCUT2D eigenvalue weighted by molar-refractivity contribution is 5.81. The molecule has 2 aliphatic rings. The second-order valence-electron chi connectivity index (χ2n) is 8.50. The van der Waals surface area contributed by atoms with E-state index in [0.29, 0.717) is 12.1 Å². The monoisotopic (exact) mass is 324 g/mol. The van der Waals surface area contributed by atoms with Crippen molar-refractivity contribution in [2.45, 2.75) is 84.2 Å². The summed E-state index contributed by atoms with van der Waals surface area (Å²) in [5.74, 6) is 1.00. The maximum atomic E-state index is 12.4. The Bertz CT molecular complexity index is 364. The fraction of sp³-hybridized carbons (Fsp3) is 0.947. The summed E-state index contributed by atoms with van der Waals surface area (Å²) in [5, 5.41) is 13.2. The van der Waals surface area contributed by atoms with Crippen LogP contribution in [0.5, 0.6) is 0 Å². The Balaban J connectivity index is 1.82. The third-order valence-electron chi connectivity index (χ3n) is 5.53. The number of rotatable bonds is 5. The second-order valence-corrected chi connectivity index (χ2v) is 8.50. The zero-order valence-electron chi connectivity index (χ0n) is 15.3. The van der Waals surface area contributed by atoms with Gasteiger partial charge < -0.3 is 15.3 Å². The van der Waals surface area contributed by atoms with Gasteiger partial charge in [0.1, 0.15) is 0 Å². The molecule has 0 radical (unpaired) electrons. The Hall–Kier alpha value is -0.610. The molecule has 1 amide bonds. The Kier molecular flexibility index (Phi) is 6.90. The van der Waals surface area contributed by atoms with Gasteiger partial charge in [0.2, 0.25) is 5.91 Å². The largest absolute Gasteiger partial charge is 0.396 e. The first-order valence-electron chi connectivity index (χ1n) is 9.58. The van der Waals surface area contributed by atoms with Gasteiger partial charge in [0.15, 0.2) is 0 Å². The molecule has 1 saturated heterocycles.